The zero-order valence-corrected chi connectivity index (χ0v) is 9.96. The Morgan fingerprint density at radius 3 is 3.06 bits per heavy atom. The molecule has 1 aromatic rings. The van der Waals surface area contributed by atoms with Crippen molar-refractivity contribution < 1.29 is 0 Å². The highest BCUT2D eigenvalue weighted by molar-refractivity contribution is 5.76. The van der Waals surface area contributed by atoms with Crippen LogP contribution in [-0.2, 0) is 5.54 Å². The van der Waals surface area contributed by atoms with Crippen LogP contribution < -0.4 is 5.32 Å². The number of fused-ring (bicyclic) bond motifs is 1. The van der Waals surface area contributed by atoms with Crippen LogP contribution in [0.4, 0.5) is 0 Å². The first-order valence-electron chi connectivity index (χ1n) is 6.25. The molecule has 1 atom stereocenters. The van der Waals surface area contributed by atoms with Gasteiger partial charge in [-0.25, -0.2) is 0 Å². The topological polar surface area (TPSA) is 12.0 Å². The van der Waals surface area contributed by atoms with Gasteiger partial charge in [0, 0.05) is 6.54 Å². The molecule has 0 spiro atoms. The van der Waals surface area contributed by atoms with Crippen LogP contribution in [0.25, 0.3) is 6.08 Å². The Balaban J connectivity index is 2.11. The number of benzene rings is 1. The Kier molecular flexibility index (Phi) is 1.66. The van der Waals surface area contributed by atoms with E-state index in [-0.39, 0.29) is 5.54 Å². The quantitative estimate of drug-likeness (QED) is 0.664. The molecule has 2 bridgehead atoms. The normalized spacial score (nSPS) is 28.9. The Hall–Kier alpha value is -1.60. The highest BCUT2D eigenvalue weighted by atomic mass is 15.0. The average Bonchev–Trinajstić information content (AvgIpc) is 2.65. The molecule has 1 fully saturated rings. The lowest BCUT2D eigenvalue weighted by atomic mass is 9.72. The summed E-state index contributed by atoms with van der Waals surface area (Å²) in [5.41, 5.74) is 7.27. The van der Waals surface area contributed by atoms with Gasteiger partial charge >= 0.3 is 0 Å². The first kappa shape index (κ1) is 9.43. The Morgan fingerprint density at radius 2 is 2.12 bits per heavy atom. The van der Waals surface area contributed by atoms with Crippen LogP contribution in [0.15, 0.2) is 53.1 Å². The van der Waals surface area contributed by atoms with Crippen molar-refractivity contribution in [1.29, 1.82) is 0 Å². The van der Waals surface area contributed by atoms with Gasteiger partial charge in [0.1, 0.15) is 0 Å². The van der Waals surface area contributed by atoms with E-state index >= 15 is 0 Å². The van der Waals surface area contributed by atoms with Crippen molar-refractivity contribution in [2.75, 3.05) is 6.54 Å². The third-order valence-electron chi connectivity index (χ3n) is 4.21. The zero-order chi connectivity index (χ0) is 11.5. The maximum atomic E-state index is 3.71. The van der Waals surface area contributed by atoms with E-state index in [0.717, 1.165) is 13.0 Å². The van der Waals surface area contributed by atoms with E-state index in [4.69, 9.17) is 0 Å². The molecule has 1 unspecified atom stereocenters. The molecule has 1 saturated heterocycles. The first-order chi connectivity index (χ1) is 8.31. The van der Waals surface area contributed by atoms with Crippen molar-refractivity contribution in [1.82, 2.24) is 5.32 Å². The van der Waals surface area contributed by atoms with E-state index in [9.17, 15) is 0 Å². The second-order valence-electron chi connectivity index (χ2n) is 5.18. The summed E-state index contributed by atoms with van der Waals surface area (Å²) < 4.78 is 0. The van der Waals surface area contributed by atoms with E-state index in [1.807, 2.05) is 0 Å². The Labute approximate surface area is 102 Å². The second-order valence-corrected chi connectivity index (χ2v) is 5.18. The van der Waals surface area contributed by atoms with Crippen molar-refractivity contribution in [3.05, 3.63) is 64.3 Å². The molecule has 1 heterocycles. The van der Waals surface area contributed by atoms with E-state index in [1.54, 1.807) is 0 Å². The maximum absolute atomic E-state index is 3.71. The first-order valence-corrected chi connectivity index (χ1v) is 6.25. The lowest BCUT2D eigenvalue weighted by Crippen LogP contribution is -2.38. The fourth-order valence-corrected chi connectivity index (χ4v) is 3.54. The molecule has 1 aliphatic heterocycles. The summed E-state index contributed by atoms with van der Waals surface area (Å²) in [6, 6.07) is 8.74. The molecule has 1 aromatic carbocycles. The van der Waals surface area contributed by atoms with E-state index in [0.29, 0.717) is 0 Å². The third-order valence-corrected chi connectivity index (χ3v) is 4.21. The molecular formula is C16H15N. The summed E-state index contributed by atoms with van der Waals surface area (Å²) in [7, 11) is 0. The molecule has 1 heteroatoms. The molecule has 0 aromatic heterocycles. The fourth-order valence-electron chi connectivity index (χ4n) is 3.54. The fraction of sp³-hybridized carbons (Fsp3) is 0.250. The minimum Gasteiger partial charge on any atom is -0.296 e. The van der Waals surface area contributed by atoms with Crippen LogP contribution in [0.1, 0.15) is 24.5 Å². The molecule has 0 radical (unpaired) electrons. The minimum absolute atomic E-state index is 0.0248. The lowest BCUT2D eigenvalue weighted by Gasteiger charge is -2.36. The minimum atomic E-state index is -0.0248. The Bertz CT molecular complexity index is 604. The van der Waals surface area contributed by atoms with Crippen LogP contribution in [0, 0.1) is 0 Å². The molecular weight excluding hydrogens is 206 g/mol. The number of nitrogens with one attached hydrogen (secondary N) is 1. The number of hydrogen-bond donors (Lipinski definition) is 1. The van der Waals surface area contributed by atoms with Gasteiger partial charge in [-0.15, -0.1) is 0 Å². The third kappa shape index (κ3) is 1.03. The monoisotopic (exact) mass is 221 g/mol. The average molecular weight is 221 g/mol. The number of hydrogen-bond acceptors (Lipinski definition) is 1. The molecule has 17 heavy (non-hydrogen) atoms. The van der Waals surface area contributed by atoms with E-state index in [1.165, 1.54) is 27.8 Å². The largest absolute Gasteiger partial charge is 0.296 e. The highest BCUT2D eigenvalue weighted by Gasteiger charge is 2.45. The molecule has 3 aliphatic rings. The van der Waals surface area contributed by atoms with Gasteiger partial charge in [0.2, 0.25) is 0 Å². The van der Waals surface area contributed by atoms with Gasteiger partial charge in [0.25, 0.3) is 0 Å². The molecule has 1 N–H and O–H groups in total. The maximum Gasteiger partial charge on any atom is 0.0889 e. The van der Waals surface area contributed by atoms with Crippen LogP contribution >= 0.6 is 0 Å². The summed E-state index contributed by atoms with van der Waals surface area (Å²) in [6.45, 7) is 3.26. The van der Waals surface area contributed by atoms with Gasteiger partial charge < -0.3 is 0 Å². The molecule has 0 amide bonds. The van der Waals surface area contributed by atoms with Crippen molar-refractivity contribution in [3.8, 4) is 0 Å². The van der Waals surface area contributed by atoms with Gasteiger partial charge in [0.05, 0.1) is 5.54 Å². The van der Waals surface area contributed by atoms with Crippen LogP contribution in [0.2, 0.25) is 0 Å². The number of rotatable bonds is 0. The van der Waals surface area contributed by atoms with Crippen LogP contribution in [0.3, 0.4) is 0 Å². The standard InChI is InChI=1S/C16H15N/c1-11-5-4-8-16-14-7-3-2-6-12(14)9-13(10-17-16)15(11)16/h2-4,6-9,17H,5,10H2,1H3. The van der Waals surface area contributed by atoms with Gasteiger partial charge in [-0.2, -0.15) is 0 Å². The molecule has 1 nitrogen and oxygen atoms in total. The van der Waals surface area contributed by atoms with Crippen molar-refractivity contribution >= 4 is 6.08 Å². The van der Waals surface area contributed by atoms with Gasteiger partial charge in [-0.05, 0) is 41.7 Å². The van der Waals surface area contributed by atoms with Gasteiger partial charge in [-0.3, -0.25) is 5.32 Å². The van der Waals surface area contributed by atoms with Gasteiger partial charge in [0.15, 0.2) is 0 Å². The summed E-state index contributed by atoms with van der Waals surface area (Å²) in [5.74, 6) is 0. The second kappa shape index (κ2) is 2.99. The van der Waals surface area contributed by atoms with Crippen molar-refractivity contribution in [2.45, 2.75) is 18.9 Å². The predicted octanol–water partition coefficient (Wildman–Crippen LogP) is 3.16. The highest BCUT2D eigenvalue weighted by Crippen LogP contribution is 2.49. The summed E-state index contributed by atoms with van der Waals surface area (Å²) in [4.78, 5) is 0. The van der Waals surface area contributed by atoms with E-state index in [2.05, 4.69) is 54.7 Å². The molecule has 4 rings (SSSR count). The summed E-state index contributed by atoms with van der Waals surface area (Å²) in [5, 5.41) is 3.71. The van der Waals surface area contributed by atoms with Crippen LogP contribution in [0.5, 0.6) is 0 Å². The van der Waals surface area contributed by atoms with Crippen molar-refractivity contribution in [2.24, 2.45) is 0 Å². The molecule has 2 aliphatic carbocycles. The van der Waals surface area contributed by atoms with Crippen LogP contribution in [-0.4, -0.2) is 6.54 Å². The summed E-state index contributed by atoms with van der Waals surface area (Å²) in [6.07, 6.45) is 8.11. The Morgan fingerprint density at radius 1 is 1.24 bits per heavy atom. The predicted molar refractivity (Wildman–Crippen MR) is 70.6 cm³/mol. The van der Waals surface area contributed by atoms with E-state index < -0.39 is 0 Å². The zero-order valence-electron chi connectivity index (χ0n) is 9.96. The van der Waals surface area contributed by atoms with Gasteiger partial charge in [-0.1, -0.05) is 42.0 Å². The SMILES string of the molecule is CC1=C2C3=Cc4ccccc4C2(C=CC1)NC3. The molecule has 84 valence electrons. The molecule has 0 saturated carbocycles. The van der Waals surface area contributed by atoms with Crippen molar-refractivity contribution in [3.63, 3.8) is 0 Å². The smallest absolute Gasteiger partial charge is 0.0889 e. The summed E-state index contributed by atoms with van der Waals surface area (Å²) >= 11 is 0. The number of allylic oxidation sites excluding steroid dienone is 2. The lowest BCUT2D eigenvalue weighted by molar-refractivity contribution is 0.553.